The largest absolute Gasteiger partial charge is 0.466 e. The van der Waals surface area contributed by atoms with Gasteiger partial charge in [0.2, 0.25) is 0 Å². The molecule has 1 aromatic heterocycles. The Morgan fingerprint density at radius 3 is 2.43 bits per heavy atom. The molecule has 1 amide bonds. The molecule has 1 aromatic carbocycles. The third kappa shape index (κ3) is 6.83. The number of carbonyl (C=O) groups is 1. The van der Waals surface area contributed by atoms with E-state index in [4.69, 9.17) is 4.42 Å². The molecule has 1 atom stereocenters. The van der Waals surface area contributed by atoms with Crippen molar-refractivity contribution in [3.05, 3.63) is 59.5 Å². The van der Waals surface area contributed by atoms with Gasteiger partial charge in [-0.1, -0.05) is 12.1 Å². The van der Waals surface area contributed by atoms with Crippen LogP contribution in [0, 0.1) is 0 Å². The number of nitrogens with one attached hydrogen (secondary N) is 2. The van der Waals surface area contributed by atoms with Crippen molar-refractivity contribution in [1.82, 2.24) is 15.5 Å². The summed E-state index contributed by atoms with van der Waals surface area (Å²) < 4.78 is 5.29. The standard InChI is InChI=1S/C20H28N4O3.HI/c1-5-21-19(23-14-20(2,26)17-7-6-12-27-17)22-13-15-8-10-16(11-9-15)18(25)24(3)4;/h6-12,26H,5,13-14H2,1-4H3,(H2,21,22,23);1H. The lowest BCUT2D eigenvalue weighted by molar-refractivity contribution is 0.0386. The predicted molar refractivity (Wildman–Crippen MR) is 121 cm³/mol. The van der Waals surface area contributed by atoms with Crippen molar-refractivity contribution in [1.29, 1.82) is 0 Å². The third-order valence-electron chi connectivity index (χ3n) is 4.02. The van der Waals surface area contributed by atoms with Gasteiger partial charge in [-0.3, -0.25) is 4.79 Å². The van der Waals surface area contributed by atoms with Crippen molar-refractivity contribution in [2.75, 3.05) is 27.2 Å². The number of halogens is 1. The number of hydrogen-bond acceptors (Lipinski definition) is 4. The lowest BCUT2D eigenvalue weighted by atomic mass is 10.0. The van der Waals surface area contributed by atoms with Crippen LogP contribution >= 0.6 is 24.0 Å². The first-order chi connectivity index (χ1) is 12.8. The summed E-state index contributed by atoms with van der Waals surface area (Å²) in [4.78, 5) is 18.0. The van der Waals surface area contributed by atoms with Crippen LogP contribution in [0.3, 0.4) is 0 Å². The number of guanidine groups is 1. The molecule has 0 saturated carbocycles. The molecule has 0 aliphatic carbocycles. The Balaban J connectivity index is 0.00000392. The Kier molecular flexibility index (Phi) is 9.47. The normalized spacial score (nSPS) is 13.2. The summed E-state index contributed by atoms with van der Waals surface area (Å²) in [6, 6.07) is 10.9. The number of carbonyl (C=O) groups excluding carboxylic acids is 1. The van der Waals surface area contributed by atoms with Crippen molar-refractivity contribution >= 4 is 35.8 Å². The Morgan fingerprint density at radius 2 is 1.89 bits per heavy atom. The maximum atomic E-state index is 11.9. The van der Waals surface area contributed by atoms with Crippen molar-refractivity contribution in [2.24, 2.45) is 4.99 Å². The van der Waals surface area contributed by atoms with E-state index in [1.54, 1.807) is 50.2 Å². The number of aliphatic hydroxyl groups is 1. The average molecular weight is 500 g/mol. The Morgan fingerprint density at radius 1 is 1.21 bits per heavy atom. The summed E-state index contributed by atoms with van der Waals surface area (Å²) in [5.74, 6) is 1.06. The van der Waals surface area contributed by atoms with E-state index in [2.05, 4.69) is 15.6 Å². The second kappa shape index (κ2) is 11.1. The minimum absolute atomic E-state index is 0. The second-order valence-electron chi connectivity index (χ2n) is 6.70. The lowest BCUT2D eigenvalue weighted by Gasteiger charge is -2.22. The van der Waals surface area contributed by atoms with Crippen molar-refractivity contribution in [3.8, 4) is 0 Å². The first-order valence-electron chi connectivity index (χ1n) is 8.92. The predicted octanol–water partition coefficient (Wildman–Crippen LogP) is 2.56. The smallest absolute Gasteiger partial charge is 0.253 e. The molecule has 1 unspecified atom stereocenters. The third-order valence-corrected chi connectivity index (χ3v) is 4.02. The molecular weight excluding hydrogens is 471 g/mol. The maximum Gasteiger partial charge on any atom is 0.253 e. The molecule has 154 valence electrons. The molecule has 0 bridgehead atoms. The molecule has 1 heterocycles. The van der Waals surface area contributed by atoms with E-state index < -0.39 is 5.60 Å². The summed E-state index contributed by atoms with van der Waals surface area (Å²) in [7, 11) is 3.46. The van der Waals surface area contributed by atoms with Crippen LogP contribution in [0.25, 0.3) is 0 Å². The van der Waals surface area contributed by atoms with E-state index in [0.29, 0.717) is 30.4 Å². The molecular formula is C20H29IN4O3. The van der Waals surface area contributed by atoms with Crippen LogP contribution in [-0.4, -0.2) is 49.1 Å². The van der Waals surface area contributed by atoms with Gasteiger partial charge >= 0.3 is 0 Å². The van der Waals surface area contributed by atoms with Crippen LogP contribution < -0.4 is 10.6 Å². The van der Waals surface area contributed by atoms with E-state index in [-0.39, 0.29) is 36.4 Å². The number of hydrogen-bond donors (Lipinski definition) is 3. The van der Waals surface area contributed by atoms with Gasteiger partial charge in [-0.05, 0) is 43.7 Å². The monoisotopic (exact) mass is 500 g/mol. The summed E-state index contributed by atoms with van der Waals surface area (Å²) in [6.45, 7) is 5.06. The number of rotatable bonds is 7. The van der Waals surface area contributed by atoms with Crippen LogP contribution in [0.2, 0.25) is 0 Å². The number of nitrogens with zero attached hydrogens (tertiary/aromatic N) is 2. The van der Waals surface area contributed by atoms with E-state index in [1.165, 1.54) is 6.26 Å². The first kappa shape index (κ1) is 24.0. The topological polar surface area (TPSA) is 90.1 Å². The molecule has 0 aliphatic heterocycles. The summed E-state index contributed by atoms with van der Waals surface area (Å²) in [5, 5.41) is 16.8. The van der Waals surface area contributed by atoms with Gasteiger partial charge < -0.3 is 25.1 Å². The zero-order valence-electron chi connectivity index (χ0n) is 16.7. The fraction of sp³-hybridized carbons (Fsp3) is 0.400. The number of aliphatic imine (C=N–C) groups is 1. The quantitative estimate of drug-likeness (QED) is 0.309. The molecule has 7 nitrogen and oxygen atoms in total. The fourth-order valence-corrected chi connectivity index (χ4v) is 2.45. The maximum absolute atomic E-state index is 11.9. The van der Waals surface area contributed by atoms with Crippen LogP contribution in [0.5, 0.6) is 0 Å². The van der Waals surface area contributed by atoms with Crippen LogP contribution in [0.15, 0.2) is 52.1 Å². The minimum atomic E-state index is -1.14. The second-order valence-corrected chi connectivity index (χ2v) is 6.70. The summed E-state index contributed by atoms with van der Waals surface area (Å²) in [5.41, 5.74) is 0.487. The van der Waals surface area contributed by atoms with Gasteiger partial charge in [0, 0.05) is 26.2 Å². The van der Waals surface area contributed by atoms with E-state index in [1.807, 2.05) is 19.1 Å². The summed E-state index contributed by atoms with van der Waals surface area (Å²) in [6.07, 6.45) is 1.54. The SMILES string of the molecule is CCNC(=NCc1ccc(C(=O)N(C)C)cc1)NCC(C)(O)c1ccco1.I. The van der Waals surface area contributed by atoms with E-state index in [0.717, 1.165) is 5.56 Å². The highest BCUT2D eigenvalue weighted by atomic mass is 127. The minimum Gasteiger partial charge on any atom is -0.466 e. The first-order valence-corrected chi connectivity index (χ1v) is 8.92. The molecule has 3 N–H and O–H groups in total. The van der Waals surface area contributed by atoms with Gasteiger partial charge in [-0.25, -0.2) is 4.99 Å². The fourth-order valence-electron chi connectivity index (χ4n) is 2.45. The Labute approximate surface area is 183 Å². The number of amides is 1. The van der Waals surface area contributed by atoms with Gasteiger partial charge in [0.1, 0.15) is 11.4 Å². The van der Waals surface area contributed by atoms with E-state index in [9.17, 15) is 9.90 Å². The van der Waals surface area contributed by atoms with Crippen LogP contribution in [0.1, 0.15) is 35.5 Å². The zero-order valence-corrected chi connectivity index (χ0v) is 19.1. The van der Waals surface area contributed by atoms with Crippen molar-refractivity contribution in [3.63, 3.8) is 0 Å². The van der Waals surface area contributed by atoms with Gasteiger partial charge in [0.25, 0.3) is 5.91 Å². The molecule has 0 aliphatic rings. The molecule has 0 saturated heterocycles. The van der Waals surface area contributed by atoms with Gasteiger partial charge in [-0.2, -0.15) is 0 Å². The molecule has 28 heavy (non-hydrogen) atoms. The Bertz CT molecular complexity index is 756. The van der Waals surface area contributed by atoms with Crippen molar-refractivity contribution < 1.29 is 14.3 Å². The average Bonchev–Trinajstić information content (AvgIpc) is 3.19. The molecule has 2 aromatic rings. The number of benzene rings is 1. The highest BCUT2D eigenvalue weighted by Crippen LogP contribution is 2.19. The molecule has 0 radical (unpaired) electrons. The Hall–Kier alpha value is -2.07. The number of furan rings is 1. The zero-order chi connectivity index (χ0) is 19.9. The highest BCUT2D eigenvalue weighted by molar-refractivity contribution is 14.0. The van der Waals surface area contributed by atoms with Gasteiger partial charge in [0.15, 0.2) is 5.96 Å². The van der Waals surface area contributed by atoms with E-state index >= 15 is 0 Å². The molecule has 0 spiro atoms. The molecule has 8 heteroatoms. The van der Waals surface area contributed by atoms with Gasteiger partial charge in [0.05, 0.1) is 19.4 Å². The van der Waals surface area contributed by atoms with Crippen molar-refractivity contribution in [2.45, 2.75) is 26.0 Å². The summed E-state index contributed by atoms with van der Waals surface area (Å²) >= 11 is 0. The van der Waals surface area contributed by atoms with Gasteiger partial charge in [-0.15, -0.1) is 24.0 Å². The van der Waals surface area contributed by atoms with Crippen LogP contribution in [0.4, 0.5) is 0 Å². The molecule has 2 rings (SSSR count). The van der Waals surface area contributed by atoms with Crippen LogP contribution in [-0.2, 0) is 12.1 Å². The lowest BCUT2D eigenvalue weighted by Crippen LogP contribution is -2.44. The molecule has 0 fully saturated rings. The highest BCUT2D eigenvalue weighted by Gasteiger charge is 2.26.